The number of ether oxygens (including phenoxy) is 2. The second-order valence-electron chi connectivity index (χ2n) is 6.38. The van der Waals surface area contributed by atoms with E-state index < -0.39 is 11.7 Å². The summed E-state index contributed by atoms with van der Waals surface area (Å²) >= 11 is 0. The third kappa shape index (κ3) is 8.55. The Labute approximate surface area is 160 Å². The monoisotopic (exact) mass is 456 g/mol. The van der Waals surface area contributed by atoms with E-state index in [1.807, 2.05) is 25.7 Å². The van der Waals surface area contributed by atoms with Gasteiger partial charge in [-0.3, -0.25) is 9.79 Å². The second kappa shape index (κ2) is 10.6. The zero-order valence-corrected chi connectivity index (χ0v) is 17.4. The van der Waals surface area contributed by atoms with Crippen molar-refractivity contribution >= 4 is 42.0 Å². The van der Waals surface area contributed by atoms with Gasteiger partial charge in [0.1, 0.15) is 5.60 Å². The number of hydrogen-bond donors (Lipinski definition) is 2. The first-order valence-electron chi connectivity index (χ1n) is 7.77. The van der Waals surface area contributed by atoms with Crippen molar-refractivity contribution in [3.63, 3.8) is 0 Å². The minimum Gasteiger partial charge on any atom is -0.469 e. The van der Waals surface area contributed by atoms with Gasteiger partial charge < -0.3 is 25.0 Å². The van der Waals surface area contributed by atoms with Crippen molar-refractivity contribution in [1.82, 2.24) is 15.5 Å². The molecule has 1 fully saturated rings. The number of rotatable bonds is 4. The van der Waals surface area contributed by atoms with Gasteiger partial charge in [0.25, 0.3) is 0 Å². The predicted molar refractivity (Wildman–Crippen MR) is 103 cm³/mol. The molecule has 2 N–H and O–H groups in total. The highest BCUT2D eigenvalue weighted by Crippen LogP contribution is 2.11. The van der Waals surface area contributed by atoms with E-state index in [1.165, 1.54) is 7.11 Å². The van der Waals surface area contributed by atoms with Crippen LogP contribution in [0, 0.1) is 0 Å². The van der Waals surface area contributed by atoms with Crippen LogP contribution >= 0.6 is 24.0 Å². The molecule has 8 nitrogen and oxygen atoms in total. The van der Waals surface area contributed by atoms with Crippen LogP contribution in [0.2, 0.25) is 0 Å². The van der Waals surface area contributed by atoms with Gasteiger partial charge in [-0.1, -0.05) is 0 Å². The number of nitrogens with zero attached hydrogens (tertiary/aromatic N) is 2. The molecule has 9 heteroatoms. The van der Waals surface area contributed by atoms with Gasteiger partial charge in [-0.05, 0) is 27.2 Å². The molecule has 1 unspecified atom stereocenters. The lowest BCUT2D eigenvalue weighted by atomic mass is 10.2. The molecule has 1 rings (SSSR count). The molecule has 0 radical (unpaired) electrons. The standard InChI is InChI=1S/C15H28N4O4.HI/c1-15(2,3)23-14(21)18-11-7-9-19(10-11)13(16-4)17-8-6-12(20)22-5;/h11H,6-10H2,1-5H3,(H,16,17)(H,18,21);1H. The van der Waals surface area contributed by atoms with E-state index >= 15 is 0 Å². The summed E-state index contributed by atoms with van der Waals surface area (Å²) in [6, 6.07) is 0.0176. The molecule has 1 aliphatic rings. The van der Waals surface area contributed by atoms with Crippen LogP contribution in [0.5, 0.6) is 0 Å². The Morgan fingerprint density at radius 2 is 2.00 bits per heavy atom. The number of carbonyl (C=O) groups excluding carboxylic acids is 2. The van der Waals surface area contributed by atoms with Crippen molar-refractivity contribution in [1.29, 1.82) is 0 Å². The van der Waals surface area contributed by atoms with Crippen molar-refractivity contribution in [2.24, 2.45) is 4.99 Å². The summed E-state index contributed by atoms with van der Waals surface area (Å²) in [5.41, 5.74) is -0.506. The van der Waals surface area contributed by atoms with Crippen LogP contribution in [-0.4, -0.2) is 68.4 Å². The van der Waals surface area contributed by atoms with Crippen molar-refractivity contribution in [3.8, 4) is 0 Å². The van der Waals surface area contributed by atoms with Crippen molar-refractivity contribution in [2.45, 2.75) is 45.3 Å². The maximum absolute atomic E-state index is 11.8. The molecular formula is C15H29IN4O4. The molecular weight excluding hydrogens is 427 g/mol. The minimum absolute atomic E-state index is 0. The first-order valence-corrected chi connectivity index (χ1v) is 7.77. The van der Waals surface area contributed by atoms with Gasteiger partial charge in [0.2, 0.25) is 0 Å². The number of nitrogens with one attached hydrogen (secondary N) is 2. The van der Waals surface area contributed by atoms with Crippen LogP contribution in [-0.2, 0) is 14.3 Å². The van der Waals surface area contributed by atoms with Gasteiger partial charge >= 0.3 is 12.1 Å². The topological polar surface area (TPSA) is 92.3 Å². The molecule has 0 aliphatic carbocycles. The van der Waals surface area contributed by atoms with E-state index in [4.69, 9.17) is 4.74 Å². The second-order valence-corrected chi connectivity index (χ2v) is 6.38. The Morgan fingerprint density at radius 3 is 2.54 bits per heavy atom. The normalized spacial score (nSPS) is 17.8. The maximum Gasteiger partial charge on any atom is 0.407 e. The summed E-state index contributed by atoms with van der Waals surface area (Å²) < 4.78 is 9.86. The van der Waals surface area contributed by atoms with Gasteiger partial charge in [0.05, 0.1) is 19.6 Å². The molecule has 0 aromatic heterocycles. The van der Waals surface area contributed by atoms with Crippen molar-refractivity contribution < 1.29 is 19.1 Å². The third-order valence-electron chi connectivity index (χ3n) is 3.26. The van der Waals surface area contributed by atoms with Gasteiger partial charge in [-0.25, -0.2) is 4.79 Å². The summed E-state index contributed by atoms with van der Waals surface area (Å²) in [6.45, 7) is 7.39. The fraction of sp³-hybridized carbons (Fsp3) is 0.800. The molecule has 0 aromatic rings. The average Bonchev–Trinajstić information content (AvgIpc) is 2.89. The molecule has 1 amide bonds. The number of esters is 1. The lowest BCUT2D eigenvalue weighted by Gasteiger charge is -2.23. The highest BCUT2D eigenvalue weighted by molar-refractivity contribution is 14.0. The quantitative estimate of drug-likeness (QED) is 0.287. The number of amides is 1. The largest absolute Gasteiger partial charge is 0.469 e. The molecule has 1 heterocycles. The van der Waals surface area contributed by atoms with E-state index in [0.717, 1.165) is 13.0 Å². The number of halogens is 1. The number of guanidine groups is 1. The van der Waals surface area contributed by atoms with E-state index in [1.54, 1.807) is 7.05 Å². The van der Waals surface area contributed by atoms with Gasteiger partial charge in [-0.15, -0.1) is 24.0 Å². The Hall–Kier alpha value is -1.26. The Morgan fingerprint density at radius 1 is 1.33 bits per heavy atom. The zero-order chi connectivity index (χ0) is 17.5. The molecule has 1 atom stereocenters. The number of likely N-dealkylation sites (tertiary alicyclic amines) is 1. The lowest BCUT2D eigenvalue weighted by molar-refractivity contribution is -0.140. The first kappa shape index (κ1) is 22.7. The minimum atomic E-state index is -0.506. The summed E-state index contributed by atoms with van der Waals surface area (Å²) in [7, 11) is 3.06. The lowest BCUT2D eigenvalue weighted by Crippen LogP contribution is -2.44. The Bertz CT molecular complexity index is 451. The Kier molecular flexibility index (Phi) is 10.0. The summed E-state index contributed by atoms with van der Waals surface area (Å²) in [5.74, 6) is 0.446. The van der Waals surface area contributed by atoms with Gasteiger partial charge in [0, 0.05) is 26.7 Å². The highest BCUT2D eigenvalue weighted by atomic mass is 127. The fourth-order valence-corrected chi connectivity index (χ4v) is 2.26. The fourth-order valence-electron chi connectivity index (χ4n) is 2.26. The molecule has 140 valence electrons. The molecule has 1 saturated heterocycles. The molecule has 24 heavy (non-hydrogen) atoms. The van der Waals surface area contributed by atoms with Gasteiger partial charge in [-0.2, -0.15) is 0 Å². The van der Waals surface area contributed by atoms with Crippen LogP contribution in [0.3, 0.4) is 0 Å². The Balaban J connectivity index is 0.00000529. The number of methoxy groups -OCH3 is 1. The van der Waals surface area contributed by atoms with Crippen molar-refractivity contribution in [3.05, 3.63) is 0 Å². The van der Waals surface area contributed by atoms with Crippen LogP contribution in [0.4, 0.5) is 4.79 Å². The van der Waals surface area contributed by atoms with Crippen LogP contribution in [0.15, 0.2) is 4.99 Å². The maximum atomic E-state index is 11.8. The summed E-state index contributed by atoms with van der Waals surface area (Å²) in [4.78, 5) is 29.1. The molecule has 0 saturated carbocycles. The van der Waals surface area contributed by atoms with E-state index in [2.05, 4.69) is 20.4 Å². The van der Waals surface area contributed by atoms with E-state index in [9.17, 15) is 9.59 Å². The van der Waals surface area contributed by atoms with E-state index in [-0.39, 0.29) is 42.4 Å². The highest BCUT2D eigenvalue weighted by Gasteiger charge is 2.27. The molecule has 1 aliphatic heterocycles. The number of carbonyl (C=O) groups is 2. The molecule has 0 aromatic carbocycles. The summed E-state index contributed by atoms with van der Waals surface area (Å²) in [6.07, 6.45) is 0.692. The predicted octanol–water partition coefficient (Wildman–Crippen LogP) is 1.34. The number of hydrogen-bond acceptors (Lipinski definition) is 5. The third-order valence-corrected chi connectivity index (χ3v) is 3.26. The molecule has 0 bridgehead atoms. The van der Waals surface area contributed by atoms with Crippen LogP contribution in [0.1, 0.15) is 33.6 Å². The summed E-state index contributed by atoms with van der Waals surface area (Å²) in [5, 5.41) is 5.99. The number of alkyl carbamates (subject to hydrolysis) is 1. The zero-order valence-electron chi connectivity index (χ0n) is 15.0. The molecule has 0 spiro atoms. The first-order chi connectivity index (χ1) is 10.7. The van der Waals surface area contributed by atoms with Crippen LogP contribution < -0.4 is 10.6 Å². The SMILES string of the molecule is CN=C(NCCC(=O)OC)N1CCC(NC(=O)OC(C)(C)C)C1.I. The van der Waals surface area contributed by atoms with Crippen LogP contribution in [0.25, 0.3) is 0 Å². The van der Waals surface area contributed by atoms with Crippen molar-refractivity contribution in [2.75, 3.05) is 33.8 Å². The number of aliphatic imine (C=N–C) groups is 1. The van der Waals surface area contributed by atoms with Gasteiger partial charge in [0.15, 0.2) is 5.96 Å². The van der Waals surface area contributed by atoms with E-state index in [0.29, 0.717) is 19.0 Å². The average molecular weight is 456 g/mol. The smallest absolute Gasteiger partial charge is 0.407 e.